The highest BCUT2D eigenvalue weighted by Crippen LogP contribution is 2.45. The molecule has 1 aliphatic heterocycles. The maximum absolute atomic E-state index is 13.9. The number of alkyl halides is 2. The number of methoxy groups -OCH3 is 1. The van der Waals surface area contributed by atoms with Crippen molar-refractivity contribution in [3.05, 3.63) is 59.9 Å². The number of amides is 1. The average Bonchev–Trinajstić information content (AvgIpc) is 3.74. The number of aryl methyl sites for hydroxylation is 1. The molecule has 218 valence electrons. The van der Waals surface area contributed by atoms with Crippen LogP contribution in [0.25, 0.3) is 22.8 Å². The number of aromatic nitrogens is 6. The van der Waals surface area contributed by atoms with E-state index in [1.807, 2.05) is 43.0 Å². The first-order chi connectivity index (χ1) is 20.2. The molecule has 0 radical (unpaired) electrons. The minimum atomic E-state index is -3.02. The van der Waals surface area contributed by atoms with Crippen LogP contribution in [-0.2, 0) is 23.8 Å². The summed E-state index contributed by atoms with van der Waals surface area (Å²) in [6.45, 7) is 6.22. The van der Waals surface area contributed by atoms with Gasteiger partial charge in [0, 0.05) is 44.2 Å². The maximum Gasteiger partial charge on any atom is 0.288 e. The molecule has 1 saturated carbocycles. The highest BCUT2D eigenvalue weighted by atomic mass is 19.3. The lowest BCUT2D eigenvalue weighted by Crippen LogP contribution is -2.46. The number of rotatable bonds is 9. The molecule has 4 heterocycles. The molecule has 1 amide bonds. The third-order valence-electron chi connectivity index (χ3n) is 7.66. The van der Waals surface area contributed by atoms with Gasteiger partial charge in [-0.2, -0.15) is 8.78 Å². The fourth-order valence-corrected chi connectivity index (χ4v) is 5.34. The molecule has 4 aromatic rings. The Hall–Kier alpha value is -4.48. The van der Waals surface area contributed by atoms with Crippen LogP contribution in [-0.4, -0.2) is 55.6 Å². The van der Waals surface area contributed by atoms with Gasteiger partial charge in [0.15, 0.2) is 11.6 Å². The zero-order chi connectivity index (χ0) is 29.6. The molecular formula is C30H32F2N8O2. The molecule has 6 rings (SSSR count). The van der Waals surface area contributed by atoms with E-state index >= 15 is 0 Å². The van der Waals surface area contributed by atoms with E-state index in [-0.39, 0.29) is 18.1 Å². The van der Waals surface area contributed by atoms with Crippen LogP contribution in [0.2, 0.25) is 0 Å². The summed E-state index contributed by atoms with van der Waals surface area (Å²) in [5.41, 5.74) is 3.59. The van der Waals surface area contributed by atoms with E-state index in [0.29, 0.717) is 60.1 Å². The molecular weight excluding hydrogens is 542 g/mol. The molecule has 3 aromatic heterocycles. The summed E-state index contributed by atoms with van der Waals surface area (Å²) in [6, 6.07) is 7.58. The van der Waals surface area contributed by atoms with Crippen LogP contribution in [0.4, 0.5) is 20.3 Å². The Morgan fingerprint density at radius 2 is 1.81 bits per heavy atom. The molecule has 1 aliphatic carbocycles. The van der Waals surface area contributed by atoms with Gasteiger partial charge < -0.3 is 19.1 Å². The first-order valence-corrected chi connectivity index (χ1v) is 14.1. The number of hydrogen-bond donors (Lipinski definition) is 0. The minimum absolute atomic E-state index is 0.0461. The van der Waals surface area contributed by atoms with E-state index in [1.165, 1.54) is 12.5 Å². The maximum atomic E-state index is 13.9. The third-order valence-corrected chi connectivity index (χ3v) is 7.66. The zero-order valence-corrected chi connectivity index (χ0v) is 24.0. The number of carbonyl (C=O) groups excluding carboxylic acids is 1. The van der Waals surface area contributed by atoms with Crippen LogP contribution in [0.5, 0.6) is 5.88 Å². The Bertz CT molecular complexity index is 1630. The number of nitrogens with zero attached hydrogens (tertiary/aromatic N) is 8. The number of ether oxygens (including phenoxy) is 1. The van der Waals surface area contributed by atoms with Gasteiger partial charge in [0.2, 0.25) is 11.8 Å². The topological polar surface area (TPSA) is 102 Å². The van der Waals surface area contributed by atoms with Gasteiger partial charge in [-0.05, 0) is 32.3 Å². The van der Waals surface area contributed by atoms with Gasteiger partial charge in [-0.1, -0.05) is 24.3 Å². The molecule has 2 aliphatic rings. The second kappa shape index (κ2) is 10.7. The lowest BCUT2D eigenvalue weighted by atomic mass is 10.1. The number of halogens is 2. The Balaban J connectivity index is 1.34. The van der Waals surface area contributed by atoms with E-state index in [2.05, 4.69) is 19.9 Å². The van der Waals surface area contributed by atoms with Crippen molar-refractivity contribution in [2.45, 2.75) is 58.5 Å². The van der Waals surface area contributed by atoms with Crippen LogP contribution in [0.1, 0.15) is 56.5 Å². The molecule has 0 unspecified atom stereocenters. The Labute approximate surface area is 242 Å². The molecule has 42 heavy (non-hydrogen) atoms. The van der Waals surface area contributed by atoms with Gasteiger partial charge >= 0.3 is 0 Å². The first kappa shape index (κ1) is 27.7. The number of carbonyl (C=O) groups is 1. The molecule has 1 aromatic carbocycles. The SMILES string of the molecule is CCN1C(=O)CN(Cc2ccc(-c3nc(C(C)(F)F)cn3CC)cc2)c2nc(-c3c(OC)ncnc3C3CC3)ncc21. The molecule has 0 atom stereocenters. The number of hydrogen-bond acceptors (Lipinski definition) is 8. The predicted octanol–water partition coefficient (Wildman–Crippen LogP) is 5.19. The predicted molar refractivity (Wildman–Crippen MR) is 154 cm³/mol. The molecule has 0 saturated heterocycles. The van der Waals surface area contributed by atoms with Gasteiger partial charge in [0.25, 0.3) is 5.92 Å². The first-order valence-electron chi connectivity index (χ1n) is 14.1. The fraction of sp³-hybridized carbons (Fsp3) is 0.400. The van der Waals surface area contributed by atoms with Crippen LogP contribution < -0.4 is 14.5 Å². The summed E-state index contributed by atoms with van der Waals surface area (Å²) >= 11 is 0. The summed E-state index contributed by atoms with van der Waals surface area (Å²) in [7, 11) is 1.57. The summed E-state index contributed by atoms with van der Waals surface area (Å²) in [6.07, 6.45) is 6.67. The highest BCUT2D eigenvalue weighted by Gasteiger charge is 2.34. The van der Waals surface area contributed by atoms with E-state index in [1.54, 1.807) is 22.8 Å². The highest BCUT2D eigenvalue weighted by molar-refractivity contribution is 6.02. The Morgan fingerprint density at radius 1 is 1.05 bits per heavy atom. The van der Waals surface area contributed by atoms with Crippen LogP contribution in [0.15, 0.2) is 43.0 Å². The van der Waals surface area contributed by atoms with E-state index in [0.717, 1.165) is 36.6 Å². The molecule has 1 fully saturated rings. The fourth-order valence-electron chi connectivity index (χ4n) is 5.34. The third kappa shape index (κ3) is 5.05. The van der Waals surface area contributed by atoms with E-state index in [9.17, 15) is 13.6 Å². The molecule has 0 bridgehead atoms. The van der Waals surface area contributed by atoms with E-state index in [4.69, 9.17) is 9.72 Å². The van der Waals surface area contributed by atoms with Gasteiger partial charge in [0.05, 0.1) is 25.5 Å². The number of imidazole rings is 1. The van der Waals surface area contributed by atoms with Gasteiger partial charge in [-0.15, -0.1) is 0 Å². The van der Waals surface area contributed by atoms with Crippen molar-refractivity contribution in [1.82, 2.24) is 29.5 Å². The summed E-state index contributed by atoms with van der Waals surface area (Å²) in [5.74, 6) is -0.754. The minimum Gasteiger partial charge on any atom is -0.480 e. The van der Waals surface area contributed by atoms with Gasteiger partial charge in [-0.25, -0.2) is 24.9 Å². The zero-order valence-electron chi connectivity index (χ0n) is 24.0. The van der Waals surface area contributed by atoms with Gasteiger partial charge in [0.1, 0.15) is 29.1 Å². The number of benzene rings is 1. The number of fused-ring (bicyclic) bond motifs is 1. The van der Waals surface area contributed by atoms with Crippen molar-refractivity contribution < 1.29 is 18.3 Å². The second-order valence-corrected chi connectivity index (χ2v) is 10.6. The van der Waals surface area contributed by atoms with Crippen LogP contribution in [0.3, 0.4) is 0 Å². The van der Waals surface area contributed by atoms with Crippen LogP contribution in [0, 0.1) is 0 Å². The Morgan fingerprint density at radius 3 is 2.45 bits per heavy atom. The van der Waals surface area contributed by atoms with Crippen molar-refractivity contribution in [3.8, 4) is 28.7 Å². The second-order valence-electron chi connectivity index (χ2n) is 10.6. The monoisotopic (exact) mass is 574 g/mol. The lowest BCUT2D eigenvalue weighted by Gasteiger charge is -2.35. The quantitative estimate of drug-likeness (QED) is 0.269. The van der Waals surface area contributed by atoms with Crippen molar-refractivity contribution in [2.24, 2.45) is 0 Å². The van der Waals surface area contributed by atoms with Gasteiger partial charge in [-0.3, -0.25) is 4.79 Å². The van der Waals surface area contributed by atoms with Crippen molar-refractivity contribution in [3.63, 3.8) is 0 Å². The molecule has 0 N–H and O–H groups in total. The smallest absolute Gasteiger partial charge is 0.288 e. The Kier molecular flexibility index (Phi) is 7.07. The van der Waals surface area contributed by atoms with E-state index < -0.39 is 5.92 Å². The number of anilines is 2. The van der Waals surface area contributed by atoms with Crippen molar-refractivity contribution >= 4 is 17.4 Å². The van der Waals surface area contributed by atoms with Crippen molar-refractivity contribution in [2.75, 3.05) is 30.0 Å². The average molecular weight is 575 g/mol. The molecule has 12 heteroatoms. The summed E-state index contributed by atoms with van der Waals surface area (Å²) in [4.78, 5) is 39.4. The standard InChI is InChI=1S/C30H32F2N8O2/c1-5-38-15-22(30(3,31)32)36-27(38)20-9-7-18(8-10-20)14-39-16-23(41)40(6-2)21-13-33-26(37-28(21)39)24-25(19-11-12-19)34-17-35-29(24)42-4/h7-10,13,15,17,19H,5-6,11-12,14,16H2,1-4H3. The normalized spacial score (nSPS) is 15.2. The molecule has 0 spiro atoms. The lowest BCUT2D eigenvalue weighted by molar-refractivity contribution is -0.117. The largest absolute Gasteiger partial charge is 0.480 e. The number of likely N-dealkylation sites (N-methyl/N-ethyl adjacent to an activating group) is 1. The summed E-state index contributed by atoms with van der Waals surface area (Å²) in [5, 5.41) is 0. The molecule has 10 nitrogen and oxygen atoms in total. The van der Waals surface area contributed by atoms with Crippen LogP contribution >= 0.6 is 0 Å². The van der Waals surface area contributed by atoms with Crippen molar-refractivity contribution in [1.29, 1.82) is 0 Å². The summed E-state index contributed by atoms with van der Waals surface area (Å²) < 4.78 is 35.2.